The number of hydrogen-bond acceptors (Lipinski definition) is 4. The van der Waals surface area contributed by atoms with Crippen LogP contribution in [-0.2, 0) is 6.54 Å². The van der Waals surface area contributed by atoms with Gasteiger partial charge in [0.2, 0.25) is 0 Å². The van der Waals surface area contributed by atoms with Crippen molar-refractivity contribution in [1.29, 1.82) is 0 Å². The Bertz CT molecular complexity index is 538. The number of amides is 1. The number of aryl methyl sites for hydroxylation is 1. The van der Waals surface area contributed by atoms with Gasteiger partial charge in [-0.15, -0.1) is 0 Å². The highest BCUT2D eigenvalue weighted by atomic mass is 16.1. The summed E-state index contributed by atoms with van der Waals surface area (Å²) >= 11 is 0. The predicted octanol–water partition coefficient (Wildman–Crippen LogP) is 1.53. The molecule has 0 aliphatic carbocycles. The number of carbonyl (C=O) groups excluding carboxylic acids is 1. The molecule has 0 aliphatic rings. The van der Waals surface area contributed by atoms with Gasteiger partial charge in [0.15, 0.2) is 0 Å². The van der Waals surface area contributed by atoms with Gasteiger partial charge < -0.3 is 15.2 Å². The maximum absolute atomic E-state index is 12.1. The summed E-state index contributed by atoms with van der Waals surface area (Å²) in [6.45, 7) is 4.23. The first-order valence-corrected chi connectivity index (χ1v) is 6.73. The van der Waals surface area contributed by atoms with E-state index in [-0.39, 0.29) is 5.91 Å². The maximum atomic E-state index is 12.1. The lowest BCUT2D eigenvalue weighted by atomic mass is 10.2. The van der Waals surface area contributed by atoms with E-state index < -0.39 is 0 Å². The SMILES string of the molecule is CCNc1ccncc1C(=O)NCCCn1ccnc1. The third-order valence-corrected chi connectivity index (χ3v) is 2.87. The van der Waals surface area contributed by atoms with Gasteiger partial charge in [0.05, 0.1) is 17.6 Å². The topological polar surface area (TPSA) is 71.8 Å². The standard InChI is InChI=1S/C14H19N5O/c1-2-17-13-4-6-15-10-12(13)14(20)18-5-3-8-19-9-7-16-11-19/h4,6-7,9-11H,2-3,5,8H2,1H3,(H,15,17)(H,18,20). The van der Waals surface area contributed by atoms with E-state index in [9.17, 15) is 4.79 Å². The van der Waals surface area contributed by atoms with Gasteiger partial charge in [-0.05, 0) is 19.4 Å². The molecule has 0 aliphatic heterocycles. The number of aromatic nitrogens is 3. The van der Waals surface area contributed by atoms with Gasteiger partial charge in [-0.3, -0.25) is 9.78 Å². The van der Waals surface area contributed by atoms with Crippen molar-refractivity contribution < 1.29 is 4.79 Å². The van der Waals surface area contributed by atoms with Crippen LogP contribution >= 0.6 is 0 Å². The molecule has 6 nitrogen and oxygen atoms in total. The van der Waals surface area contributed by atoms with Crippen molar-refractivity contribution in [2.24, 2.45) is 0 Å². The minimum atomic E-state index is -0.0975. The van der Waals surface area contributed by atoms with Gasteiger partial charge in [0, 0.05) is 44.4 Å². The molecule has 0 spiro atoms. The van der Waals surface area contributed by atoms with Crippen LogP contribution in [0.1, 0.15) is 23.7 Å². The quantitative estimate of drug-likeness (QED) is 0.750. The molecule has 0 fully saturated rings. The fourth-order valence-electron chi connectivity index (χ4n) is 1.90. The third kappa shape index (κ3) is 3.81. The highest BCUT2D eigenvalue weighted by Gasteiger charge is 2.10. The van der Waals surface area contributed by atoms with Crippen molar-refractivity contribution >= 4 is 11.6 Å². The highest BCUT2D eigenvalue weighted by molar-refractivity contribution is 5.99. The van der Waals surface area contributed by atoms with Crippen molar-refractivity contribution in [2.75, 3.05) is 18.4 Å². The minimum absolute atomic E-state index is 0.0975. The molecule has 1 amide bonds. The second-order valence-electron chi connectivity index (χ2n) is 4.36. The summed E-state index contributed by atoms with van der Waals surface area (Å²) in [5, 5.41) is 6.06. The lowest BCUT2D eigenvalue weighted by Gasteiger charge is -2.10. The van der Waals surface area contributed by atoms with Gasteiger partial charge in [0.25, 0.3) is 5.91 Å². The Balaban J connectivity index is 1.82. The monoisotopic (exact) mass is 273 g/mol. The van der Waals surface area contributed by atoms with Gasteiger partial charge in [-0.2, -0.15) is 0 Å². The maximum Gasteiger partial charge on any atom is 0.254 e. The van der Waals surface area contributed by atoms with Crippen LogP contribution in [0.2, 0.25) is 0 Å². The molecule has 2 rings (SSSR count). The van der Waals surface area contributed by atoms with Crippen LogP contribution < -0.4 is 10.6 Å². The van der Waals surface area contributed by atoms with Crippen molar-refractivity contribution in [3.8, 4) is 0 Å². The second kappa shape index (κ2) is 7.28. The summed E-state index contributed by atoms with van der Waals surface area (Å²) < 4.78 is 1.99. The normalized spacial score (nSPS) is 10.2. The van der Waals surface area contributed by atoms with E-state index >= 15 is 0 Å². The van der Waals surface area contributed by atoms with Crippen molar-refractivity contribution in [3.63, 3.8) is 0 Å². The molecule has 2 aromatic heterocycles. The first kappa shape index (κ1) is 14.0. The van der Waals surface area contributed by atoms with Crippen LogP contribution in [0.15, 0.2) is 37.2 Å². The molecule has 0 bridgehead atoms. The predicted molar refractivity (Wildman–Crippen MR) is 77.6 cm³/mol. The Hall–Kier alpha value is -2.37. The number of hydrogen-bond donors (Lipinski definition) is 2. The van der Waals surface area contributed by atoms with Crippen molar-refractivity contribution in [3.05, 3.63) is 42.7 Å². The average Bonchev–Trinajstić information content (AvgIpc) is 2.97. The Morgan fingerprint density at radius 3 is 3.00 bits per heavy atom. The van der Waals surface area contributed by atoms with E-state index in [4.69, 9.17) is 0 Å². The van der Waals surface area contributed by atoms with Crippen LogP contribution in [-0.4, -0.2) is 33.5 Å². The summed E-state index contributed by atoms with van der Waals surface area (Å²) in [5.41, 5.74) is 1.39. The zero-order chi connectivity index (χ0) is 14.2. The van der Waals surface area contributed by atoms with Gasteiger partial charge in [-0.25, -0.2) is 4.98 Å². The number of imidazole rings is 1. The summed E-state index contributed by atoms with van der Waals surface area (Å²) in [7, 11) is 0. The summed E-state index contributed by atoms with van der Waals surface area (Å²) in [6, 6.07) is 1.81. The molecule has 0 saturated carbocycles. The van der Waals surface area contributed by atoms with Gasteiger partial charge in [-0.1, -0.05) is 0 Å². The number of nitrogens with one attached hydrogen (secondary N) is 2. The molecule has 6 heteroatoms. The largest absolute Gasteiger partial charge is 0.385 e. The zero-order valence-electron chi connectivity index (χ0n) is 11.5. The highest BCUT2D eigenvalue weighted by Crippen LogP contribution is 2.12. The fraction of sp³-hybridized carbons (Fsp3) is 0.357. The van der Waals surface area contributed by atoms with E-state index in [2.05, 4.69) is 20.6 Å². The van der Waals surface area contributed by atoms with Crippen LogP contribution in [0.3, 0.4) is 0 Å². The second-order valence-corrected chi connectivity index (χ2v) is 4.36. The molecular formula is C14H19N5O. The minimum Gasteiger partial charge on any atom is -0.385 e. The Morgan fingerprint density at radius 1 is 1.35 bits per heavy atom. The number of anilines is 1. The first-order chi connectivity index (χ1) is 9.81. The molecule has 0 unspecified atom stereocenters. The number of rotatable bonds is 7. The summed E-state index contributed by atoms with van der Waals surface area (Å²) in [4.78, 5) is 20.1. The van der Waals surface area contributed by atoms with E-state index in [0.717, 1.165) is 25.2 Å². The molecule has 20 heavy (non-hydrogen) atoms. The average molecular weight is 273 g/mol. The molecule has 2 N–H and O–H groups in total. The first-order valence-electron chi connectivity index (χ1n) is 6.73. The van der Waals surface area contributed by atoms with E-state index in [1.165, 1.54) is 0 Å². The fourth-order valence-corrected chi connectivity index (χ4v) is 1.90. The molecule has 2 aromatic rings. The number of nitrogens with zero attached hydrogens (tertiary/aromatic N) is 3. The molecule has 0 atom stereocenters. The van der Waals surface area contributed by atoms with Crippen molar-refractivity contribution in [2.45, 2.75) is 19.9 Å². The zero-order valence-corrected chi connectivity index (χ0v) is 11.5. The number of pyridine rings is 1. The molecular weight excluding hydrogens is 254 g/mol. The van der Waals surface area contributed by atoms with E-state index in [1.54, 1.807) is 24.9 Å². The van der Waals surface area contributed by atoms with Crippen LogP contribution in [0.4, 0.5) is 5.69 Å². The van der Waals surface area contributed by atoms with Crippen LogP contribution in [0.5, 0.6) is 0 Å². The Kier molecular flexibility index (Phi) is 5.11. The summed E-state index contributed by atoms with van der Waals surface area (Å²) in [6.07, 6.45) is 9.55. The molecule has 0 radical (unpaired) electrons. The van der Waals surface area contributed by atoms with Gasteiger partial charge >= 0.3 is 0 Å². The summed E-state index contributed by atoms with van der Waals surface area (Å²) in [5.74, 6) is -0.0975. The van der Waals surface area contributed by atoms with Crippen LogP contribution in [0, 0.1) is 0 Å². The molecule has 106 valence electrons. The van der Waals surface area contributed by atoms with E-state index in [0.29, 0.717) is 12.1 Å². The van der Waals surface area contributed by atoms with Crippen LogP contribution in [0.25, 0.3) is 0 Å². The molecule has 0 saturated heterocycles. The molecule has 0 aromatic carbocycles. The molecule has 2 heterocycles. The van der Waals surface area contributed by atoms with Crippen molar-refractivity contribution in [1.82, 2.24) is 19.9 Å². The number of carbonyl (C=O) groups is 1. The lowest BCUT2D eigenvalue weighted by Crippen LogP contribution is -2.26. The van der Waals surface area contributed by atoms with E-state index in [1.807, 2.05) is 23.8 Å². The Morgan fingerprint density at radius 2 is 2.25 bits per heavy atom. The third-order valence-electron chi connectivity index (χ3n) is 2.87. The van der Waals surface area contributed by atoms with Gasteiger partial charge in [0.1, 0.15) is 0 Å². The Labute approximate surface area is 118 Å². The lowest BCUT2D eigenvalue weighted by molar-refractivity contribution is 0.0953. The smallest absolute Gasteiger partial charge is 0.254 e.